The maximum absolute atomic E-state index is 13.9. The summed E-state index contributed by atoms with van der Waals surface area (Å²) < 4.78 is 16.2. The molecule has 0 saturated heterocycles. The third kappa shape index (κ3) is 5.98. The Hall–Kier alpha value is -3.74. The molecule has 7 heteroatoms. The van der Waals surface area contributed by atoms with Gasteiger partial charge in [-0.25, -0.2) is 0 Å². The van der Waals surface area contributed by atoms with E-state index in [9.17, 15) is 9.59 Å². The van der Waals surface area contributed by atoms with Crippen LogP contribution in [0.3, 0.4) is 0 Å². The van der Waals surface area contributed by atoms with Crippen LogP contribution in [0.5, 0.6) is 11.5 Å². The van der Waals surface area contributed by atoms with Crippen molar-refractivity contribution in [2.75, 3.05) is 14.2 Å². The highest BCUT2D eigenvalue weighted by atomic mass is 16.5. The number of rotatable bonds is 8. The van der Waals surface area contributed by atoms with E-state index in [1.54, 1.807) is 36.6 Å². The van der Waals surface area contributed by atoms with E-state index in [4.69, 9.17) is 13.9 Å². The molecule has 1 heterocycles. The zero-order valence-electron chi connectivity index (χ0n) is 20.5. The molecule has 1 N–H and O–H groups in total. The number of nitrogens with one attached hydrogen (secondary N) is 1. The molecule has 7 nitrogen and oxygen atoms in total. The molecule has 1 unspecified atom stereocenters. The molecule has 180 valence electrons. The minimum Gasteiger partial charge on any atom is -0.493 e. The lowest BCUT2D eigenvalue weighted by molar-refractivity contribution is -0.127. The minimum absolute atomic E-state index is 0.107. The number of aryl methyl sites for hydroxylation is 1. The monoisotopic (exact) mass is 464 g/mol. The summed E-state index contributed by atoms with van der Waals surface area (Å²) in [4.78, 5) is 29.0. The van der Waals surface area contributed by atoms with Crippen molar-refractivity contribution in [3.63, 3.8) is 0 Å². The van der Waals surface area contributed by atoms with E-state index < -0.39 is 11.6 Å². The lowest BCUT2D eigenvalue weighted by Crippen LogP contribution is -2.49. The van der Waals surface area contributed by atoms with Gasteiger partial charge in [-0.2, -0.15) is 0 Å². The summed E-state index contributed by atoms with van der Waals surface area (Å²) in [5.74, 6) is 0.882. The number of carbonyl (C=O) groups is 2. The standard InChI is InChI=1S/C27H32N2O5/c1-18-9-11-19(12-10-18)24(25(30)28-27(2,3)4)29(17-21-8-7-15-34-21)26(31)20-13-14-22(32-5)23(16-20)33-6/h7-16,24H,17H2,1-6H3,(H,28,30). The molecule has 0 saturated carbocycles. The molecule has 1 atom stereocenters. The van der Waals surface area contributed by atoms with Gasteiger partial charge in [0.05, 0.1) is 27.0 Å². The first-order valence-corrected chi connectivity index (χ1v) is 11.1. The van der Waals surface area contributed by atoms with Crippen molar-refractivity contribution in [3.8, 4) is 11.5 Å². The first kappa shape index (κ1) is 24.9. The largest absolute Gasteiger partial charge is 0.493 e. The summed E-state index contributed by atoms with van der Waals surface area (Å²) in [5, 5.41) is 3.03. The fourth-order valence-corrected chi connectivity index (χ4v) is 3.65. The number of methoxy groups -OCH3 is 2. The first-order valence-electron chi connectivity index (χ1n) is 11.1. The maximum Gasteiger partial charge on any atom is 0.255 e. The Bertz CT molecular complexity index is 1110. The van der Waals surface area contributed by atoms with Crippen molar-refractivity contribution in [2.45, 2.75) is 45.8 Å². The van der Waals surface area contributed by atoms with Gasteiger partial charge in [-0.05, 0) is 63.6 Å². The number of amides is 2. The van der Waals surface area contributed by atoms with E-state index >= 15 is 0 Å². The molecule has 0 bridgehead atoms. The summed E-state index contributed by atoms with van der Waals surface area (Å²) in [7, 11) is 3.05. The second-order valence-corrected chi connectivity index (χ2v) is 9.13. The van der Waals surface area contributed by atoms with E-state index in [2.05, 4.69) is 5.32 Å². The number of benzene rings is 2. The van der Waals surface area contributed by atoms with Gasteiger partial charge in [0.1, 0.15) is 11.8 Å². The van der Waals surface area contributed by atoms with E-state index in [-0.39, 0.29) is 18.4 Å². The average Bonchev–Trinajstić information content (AvgIpc) is 3.31. The number of furan rings is 1. The van der Waals surface area contributed by atoms with Gasteiger partial charge in [0.2, 0.25) is 5.91 Å². The Morgan fingerprint density at radius 2 is 1.68 bits per heavy atom. The molecule has 3 rings (SSSR count). The fraction of sp³-hybridized carbons (Fsp3) is 0.333. The molecule has 0 spiro atoms. The number of ether oxygens (including phenoxy) is 2. The molecular weight excluding hydrogens is 432 g/mol. The van der Waals surface area contributed by atoms with Crippen molar-refractivity contribution >= 4 is 11.8 Å². The Labute approximate surface area is 200 Å². The van der Waals surface area contributed by atoms with E-state index in [0.717, 1.165) is 5.56 Å². The predicted octanol–water partition coefficient (Wildman–Crippen LogP) is 4.90. The molecule has 0 radical (unpaired) electrons. The fourth-order valence-electron chi connectivity index (χ4n) is 3.65. The molecule has 0 aliphatic heterocycles. The Morgan fingerprint density at radius 3 is 2.24 bits per heavy atom. The van der Waals surface area contributed by atoms with Gasteiger partial charge in [-0.1, -0.05) is 29.8 Å². The molecular formula is C27H32N2O5. The first-order chi connectivity index (χ1) is 16.1. The predicted molar refractivity (Wildman–Crippen MR) is 130 cm³/mol. The van der Waals surface area contributed by atoms with Gasteiger partial charge >= 0.3 is 0 Å². The molecule has 0 fully saturated rings. The van der Waals surface area contributed by atoms with Crippen molar-refractivity contribution in [3.05, 3.63) is 83.3 Å². The van der Waals surface area contributed by atoms with Crippen molar-refractivity contribution < 1.29 is 23.5 Å². The highest BCUT2D eigenvalue weighted by Gasteiger charge is 2.34. The quantitative estimate of drug-likeness (QED) is 0.513. The number of hydrogen-bond acceptors (Lipinski definition) is 5. The van der Waals surface area contributed by atoms with Gasteiger partial charge < -0.3 is 24.1 Å². The number of carbonyl (C=O) groups excluding carboxylic acids is 2. The van der Waals surface area contributed by atoms with Gasteiger partial charge in [0.25, 0.3) is 5.91 Å². The van der Waals surface area contributed by atoms with Crippen molar-refractivity contribution in [2.24, 2.45) is 0 Å². The van der Waals surface area contributed by atoms with E-state index in [1.807, 2.05) is 52.0 Å². The van der Waals surface area contributed by atoms with Crippen molar-refractivity contribution in [1.82, 2.24) is 10.2 Å². The molecule has 3 aromatic rings. The third-order valence-corrected chi connectivity index (χ3v) is 5.25. The van der Waals surface area contributed by atoms with Crippen LogP contribution in [-0.2, 0) is 11.3 Å². The lowest BCUT2D eigenvalue weighted by atomic mass is 9.99. The second-order valence-electron chi connectivity index (χ2n) is 9.13. The van der Waals surface area contributed by atoms with Crippen molar-refractivity contribution in [1.29, 1.82) is 0 Å². The van der Waals surface area contributed by atoms with Gasteiger partial charge in [0.15, 0.2) is 11.5 Å². The van der Waals surface area contributed by atoms with Gasteiger partial charge in [-0.3, -0.25) is 9.59 Å². The summed E-state index contributed by atoms with van der Waals surface area (Å²) in [6.07, 6.45) is 1.55. The summed E-state index contributed by atoms with van der Waals surface area (Å²) in [5.41, 5.74) is 1.64. The van der Waals surface area contributed by atoms with E-state index in [0.29, 0.717) is 28.4 Å². The maximum atomic E-state index is 13.9. The SMILES string of the molecule is COc1ccc(C(=O)N(Cc2ccco2)C(C(=O)NC(C)(C)C)c2ccc(C)cc2)cc1OC. The van der Waals surface area contributed by atoms with Crippen LogP contribution in [0.15, 0.2) is 65.3 Å². The zero-order valence-corrected chi connectivity index (χ0v) is 20.5. The van der Waals surface area contributed by atoms with Gasteiger partial charge in [0, 0.05) is 11.1 Å². The highest BCUT2D eigenvalue weighted by Crippen LogP contribution is 2.31. The summed E-state index contributed by atoms with van der Waals surface area (Å²) in [6.45, 7) is 7.80. The van der Waals surface area contributed by atoms with Crippen LogP contribution in [0.25, 0.3) is 0 Å². The Balaban J connectivity index is 2.11. The normalized spacial score (nSPS) is 12.1. The summed E-state index contributed by atoms with van der Waals surface area (Å²) in [6, 6.07) is 15.2. The Morgan fingerprint density at radius 1 is 1.00 bits per heavy atom. The number of hydrogen-bond donors (Lipinski definition) is 1. The van der Waals surface area contributed by atoms with Crippen LogP contribution < -0.4 is 14.8 Å². The van der Waals surface area contributed by atoms with Crippen LogP contribution in [0.1, 0.15) is 54.1 Å². The van der Waals surface area contributed by atoms with Gasteiger partial charge in [-0.15, -0.1) is 0 Å². The van der Waals surface area contributed by atoms with Crippen LogP contribution in [0.4, 0.5) is 0 Å². The molecule has 1 aromatic heterocycles. The zero-order chi connectivity index (χ0) is 24.9. The minimum atomic E-state index is -0.884. The topological polar surface area (TPSA) is 81.0 Å². The molecule has 0 aliphatic rings. The average molecular weight is 465 g/mol. The van der Waals surface area contributed by atoms with E-state index in [1.165, 1.54) is 19.1 Å². The van der Waals surface area contributed by atoms with Crippen LogP contribution in [0.2, 0.25) is 0 Å². The highest BCUT2D eigenvalue weighted by molar-refractivity contribution is 5.98. The molecule has 2 aromatic carbocycles. The van der Waals surface area contributed by atoms with Crippen LogP contribution in [-0.4, -0.2) is 36.5 Å². The van der Waals surface area contributed by atoms with Crippen LogP contribution in [0, 0.1) is 6.92 Å². The Kier molecular flexibility index (Phi) is 7.66. The number of nitrogens with zero attached hydrogens (tertiary/aromatic N) is 1. The molecule has 34 heavy (non-hydrogen) atoms. The smallest absolute Gasteiger partial charge is 0.255 e. The molecule has 2 amide bonds. The summed E-state index contributed by atoms with van der Waals surface area (Å²) >= 11 is 0. The van der Waals surface area contributed by atoms with Crippen LogP contribution >= 0.6 is 0 Å². The second kappa shape index (κ2) is 10.5. The third-order valence-electron chi connectivity index (χ3n) is 5.25. The molecule has 0 aliphatic carbocycles. The lowest BCUT2D eigenvalue weighted by Gasteiger charge is -2.33.